The van der Waals surface area contributed by atoms with E-state index in [1.807, 2.05) is 18.2 Å². The summed E-state index contributed by atoms with van der Waals surface area (Å²) in [5.41, 5.74) is 3.38. The molecule has 3 nitrogen and oxygen atoms in total. The number of carbonyl (C=O) groups excluding carboxylic acids is 1. The van der Waals surface area contributed by atoms with Gasteiger partial charge in [-0.3, -0.25) is 4.79 Å². The molecule has 1 aliphatic rings. The minimum atomic E-state index is -0.197. The average molecular weight is 268 g/mol. The van der Waals surface area contributed by atoms with E-state index in [0.717, 1.165) is 11.1 Å². The van der Waals surface area contributed by atoms with Gasteiger partial charge in [0.25, 0.3) is 0 Å². The van der Waals surface area contributed by atoms with Gasteiger partial charge in [0, 0.05) is 17.5 Å². The van der Waals surface area contributed by atoms with Crippen LogP contribution in [-0.2, 0) is 4.79 Å². The van der Waals surface area contributed by atoms with Crippen molar-refractivity contribution in [3.63, 3.8) is 0 Å². The summed E-state index contributed by atoms with van der Waals surface area (Å²) in [5, 5.41) is 0. The maximum atomic E-state index is 11.8. The van der Waals surface area contributed by atoms with Crippen LogP contribution in [0, 0.1) is 6.92 Å². The van der Waals surface area contributed by atoms with Crippen LogP contribution < -0.4 is 9.47 Å². The van der Waals surface area contributed by atoms with E-state index in [2.05, 4.69) is 25.1 Å². The number of carbonyl (C=O) groups is 1. The molecule has 1 heterocycles. The minimum Gasteiger partial charge on any atom is -0.497 e. The van der Waals surface area contributed by atoms with Gasteiger partial charge < -0.3 is 9.47 Å². The Balaban J connectivity index is 2.08. The molecule has 1 atom stereocenters. The van der Waals surface area contributed by atoms with E-state index >= 15 is 0 Å². The Morgan fingerprint density at radius 2 is 2.05 bits per heavy atom. The first-order chi connectivity index (χ1) is 9.67. The van der Waals surface area contributed by atoms with Crippen molar-refractivity contribution >= 4 is 5.97 Å². The lowest BCUT2D eigenvalue weighted by atomic mass is 9.86. The van der Waals surface area contributed by atoms with E-state index in [-0.39, 0.29) is 11.9 Å². The zero-order chi connectivity index (χ0) is 14.1. The third kappa shape index (κ3) is 2.27. The highest BCUT2D eigenvalue weighted by molar-refractivity contribution is 5.78. The van der Waals surface area contributed by atoms with E-state index in [1.54, 1.807) is 13.2 Å². The molecule has 0 spiro atoms. The van der Waals surface area contributed by atoms with Crippen molar-refractivity contribution in [3.8, 4) is 11.5 Å². The van der Waals surface area contributed by atoms with Crippen molar-refractivity contribution in [1.29, 1.82) is 0 Å². The van der Waals surface area contributed by atoms with E-state index in [4.69, 9.17) is 9.47 Å². The molecule has 0 aliphatic carbocycles. The summed E-state index contributed by atoms with van der Waals surface area (Å²) in [4.78, 5) is 11.8. The smallest absolute Gasteiger partial charge is 0.312 e. The van der Waals surface area contributed by atoms with Crippen molar-refractivity contribution in [2.24, 2.45) is 0 Å². The molecule has 1 aliphatic heterocycles. The highest BCUT2D eigenvalue weighted by Gasteiger charge is 2.28. The molecule has 0 saturated carbocycles. The third-order valence-corrected chi connectivity index (χ3v) is 3.64. The van der Waals surface area contributed by atoms with Gasteiger partial charge in [0.2, 0.25) is 0 Å². The molecule has 0 radical (unpaired) electrons. The highest BCUT2D eigenvalue weighted by Crippen LogP contribution is 2.40. The van der Waals surface area contributed by atoms with Gasteiger partial charge in [-0.2, -0.15) is 0 Å². The Labute approximate surface area is 118 Å². The monoisotopic (exact) mass is 268 g/mol. The molecule has 2 aromatic rings. The van der Waals surface area contributed by atoms with Crippen LogP contribution in [-0.4, -0.2) is 13.1 Å². The number of fused-ring (bicyclic) bond motifs is 1. The van der Waals surface area contributed by atoms with Gasteiger partial charge in [0.05, 0.1) is 13.5 Å². The molecule has 0 saturated heterocycles. The molecule has 3 heteroatoms. The Hall–Kier alpha value is -2.29. The molecule has 0 fully saturated rings. The molecular formula is C17H16O3. The Kier molecular flexibility index (Phi) is 3.18. The number of rotatable bonds is 2. The number of hydrogen-bond donors (Lipinski definition) is 0. The lowest BCUT2D eigenvalue weighted by Gasteiger charge is -2.25. The Bertz CT molecular complexity index is 661. The number of benzene rings is 2. The van der Waals surface area contributed by atoms with Crippen molar-refractivity contribution in [2.45, 2.75) is 19.3 Å². The highest BCUT2D eigenvalue weighted by atomic mass is 16.5. The maximum Gasteiger partial charge on any atom is 0.312 e. The number of ether oxygens (including phenoxy) is 2. The van der Waals surface area contributed by atoms with Crippen molar-refractivity contribution in [3.05, 3.63) is 59.2 Å². The Morgan fingerprint density at radius 3 is 2.80 bits per heavy atom. The molecule has 0 N–H and O–H groups in total. The average Bonchev–Trinajstić information content (AvgIpc) is 2.45. The molecule has 0 unspecified atom stereocenters. The summed E-state index contributed by atoms with van der Waals surface area (Å²) in [7, 11) is 1.60. The quantitative estimate of drug-likeness (QED) is 0.618. The molecule has 3 rings (SSSR count). The summed E-state index contributed by atoms with van der Waals surface area (Å²) < 4.78 is 10.5. The fourth-order valence-electron chi connectivity index (χ4n) is 2.64. The van der Waals surface area contributed by atoms with Crippen LogP contribution in [0.1, 0.15) is 29.0 Å². The topological polar surface area (TPSA) is 35.5 Å². The first-order valence-electron chi connectivity index (χ1n) is 6.62. The van der Waals surface area contributed by atoms with E-state index < -0.39 is 0 Å². The van der Waals surface area contributed by atoms with Gasteiger partial charge in [-0.25, -0.2) is 0 Å². The van der Waals surface area contributed by atoms with Crippen LogP contribution in [0.5, 0.6) is 11.5 Å². The zero-order valence-electron chi connectivity index (χ0n) is 11.6. The van der Waals surface area contributed by atoms with Crippen molar-refractivity contribution in [2.75, 3.05) is 7.11 Å². The molecule has 0 amide bonds. The van der Waals surface area contributed by atoms with Crippen LogP contribution in [0.4, 0.5) is 0 Å². The first-order valence-corrected chi connectivity index (χ1v) is 6.62. The van der Waals surface area contributed by atoms with E-state index in [9.17, 15) is 4.79 Å². The van der Waals surface area contributed by atoms with Crippen LogP contribution in [0.3, 0.4) is 0 Å². The third-order valence-electron chi connectivity index (χ3n) is 3.64. The number of esters is 1. The Morgan fingerprint density at radius 1 is 1.20 bits per heavy atom. The van der Waals surface area contributed by atoms with Crippen LogP contribution in [0.2, 0.25) is 0 Å². The summed E-state index contributed by atoms with van der Waals surface area (Å²) in [5.74, 6) is 1.16. The summed E-state index contributed by atoms with van der Waals surface area (Å²) in [6.45, 7) is 2.06. The van der Waals surface area contributed by atoms with Gasteiger partial charge in [-0.15, -0.1) is 0 Å². The summed E-state index contributed by atoms with van der Waals surface area (Å²) in [6, 6.07) is 13.9. The molecular weight excluding hydrogens is 252 g/mol. The van der Waals surface area contributed by atoms with Gasteiger partial charge in [0.1, 0.15) is 11.5 Å². The zero-order valence-corrected chi connectivity index (χ0v) is 11.6. The normalized spacial score (nSPS) is 17.3. The van der Waals surface area contributed by atoms with Crippen LogP contribution >= 0.6 is 0 Å². The van der Waals surface area contributed by atoms with E-state index in [0.29, 0.717) is 17.9 Å². The van der Waals surface area contributed by atoms with Gasteiger partial charge in [-0.05, 0) is 18.6 Å². The lowest BCUT2D eigenvalue weighted by molar-refractivity contribution is -0.135. The number of hydrogen-bond acceptors (Lipinski definition) is 3. The molecule has 0 aromatic heterocycles. The lowest BCUT2D eigenvalue weighted by Crippen LogP contribution is -2.21. The first kappa shape index (κ1) is 12.7. The standard InChI is InChI=1S/C17H16O3/c1-11-4-3-5-12(8-11)15-10-17(18)20-16-9-13(19-2)6-7-14(15)16/h3-9,15H,10H2,1-2H3/t15-/m0/s1. The largest absolute Gasteiger partial charge is 0.497 e. The summed E-state index contributed by atoms with van der Waals surface area (Å²) >= 11 is 0. The fraction of sp³-hybridized carbons (Fsp3) is 0.235. The van der Waals surface area contributed by atoms with Crippen molar-refractivity contribution in [1.82, 2.24) is 0 Å². The van der Waals surface area contributed by atoms with Gasteiger partial charge in [-0.1, -0.05) is 35.9 Å². The van der Waals surface area contributed by atoms with Crippen molar-refractivity contribution < 1.29 is 14.3 Å². The van der Waals surface area contributed by atoms with Gasteiger partial charge >= 0.3 is 5.97 Å². The predicted molar refractivity (Wildman–Crippen MR) is 76.3 cm³/mol. The molecule has 102 valence electrons. The SMILES string of the molecule is COc1ccc2c(c1)OC(=O)C[C@H]2c1cccc(C)c1. The second kappa shape index (κ2) is 5.00. The van der Waals surface area contributed by atoms with E-state index in [1.165, 1.54) is 5.56 Å². The van der Waals surface area contributed by atoms with Gasteiger partial charge in [0.15, 0.2) is 0 Å². The fourth-order valence-corrected chi connectivity index (χ4v) is 2.64. The van der Waals surface area contributed by atoms with Crippen LogP contribution in [0.25, 0.3) is 0 Å². The maximum absolute atomic E-state index is 11.8. The molecule has 2 aromatic carbocycles. The van der Waals surface area contributed by atoms with Crippen LogP contribution in [0.15, 0.2) is 42.5 Å². The minimum absolute atomic E-state index is 0.0528. The summed E-state index contributed by atoms with van der Waals surface area (Å²) in [6.07, 6.45) is 0.378. The molecule has 20 heavy (non-hydrogen) atoms. The predicted octanol–water partition coefficient (Wildman–Crippen LogP) is 3.44. The molecule has 0 bridgehead atoms. The number of aryl methyl sites for hydroxylation is 1. The number of methoxy groups -OCH3 is 1. The second-order valence-corrected chi connectivity index (χ2v) is 5.05. The second-order valence-electron chi connectivity index (χ2n) is 5.05.